The lowest BCUT2D eigenvalue weighted by molar-refractivity contribution is -0.124. The Labute approximate surface area is 117 Å². The van der Waals surface area contributed by atoms with Gasteiger partial charge in [-0.05, 0) is 12.5 Å². The molecule has 1 unspecified atom stereocenters. The number of hydrogen-bond acceptors (Lipinski definition) is 3. The first-order valence-corrected chi connectivity index (χ1v) is 7.89. The molecule has 0 radical (unpaired) electrons. The molecule has 0 saturated heterocycles. The second-order valence-electron chi connectivity index (χ2n) is 4.41. The number of carbonyl (C=O) groups is 1. The zero-order chi connectivity index (χ0) is 15.2. The van der Waals surface area contributed by atoms with Gasteiger partial charge in [0, 0.05) is 12.0 Å². The molecule has 1 aromatic carbocycles. The number of halogens is 1. The maximum Gasteiger partial charge on any atom is 0.524 e. The van der Waals surface area contributed by atoms with Crippen LogP contribution < -0.4 is 4.52 Å². The van der Waals surface area contributed by atoms with Gasteiger partial charge in [-0.25, -0.2) is 8.96 Å². The van der Waals surface area contributed by atoms with Crippen LogP contribution >= 0.6 is 7.82 Å². The van der Waals surface area contributed by atoms with Gasteiger partial charge in [-0.2, -0.15) is 0 Å². The minimum Gasteiger partial charge on any atom is -0.404 e. The Kier molecular flexibility index (Phi) is 6.33. The van der Waals surface area contributed by atoms with E-state index in [9.17, 15) is 13.8 Å². The number of para-hydroxylation sites is 1. The molecule has 0 aromatic heterocycles. The summed E-state index contributed by atoms with van der Waals surface area (Å²) >= 11 is 0. The molecule has 1 rings (SSSR count). The minimum absolute atomic E-state index is 0.0965. The van der Waals surface area contributed by atoms with Gasteiger partial charge in [0.15, 0.2) is 12.0 Å². The molecule has 0 aliphatic carbocycles. The Bertz CT molecular complexity index is 499. The molecule has 1 aromatic rings. The SMILES string of the molecule is CCCCCC(=O)C(F)c1ccccc1OP(=O)(O)O. The monoisotopic (exact) mass is 304 g/mol. The second-order valence-corrected chi connectivity index (χ2v) is 5.57. The Morgan fingerprint density at radius 1 is 1.35 bits per heavy atom. The van der Waals surface area contributed by atoms with Crippen LogP contribution in [0.4, 0.5) is 4.39 Å². The summed E-state index contributed by atoms with van der Waals surface area (Å²) in [6.45, 7) is 1.97. The highest BCUT2D eigenvalue weighted by atomic mass is 31.2. The summed E-state index contributed by atoms with van der Waals surface area (Å²) in [5, 5.41) is 0. The maximum absolute atomic E-state index is 14.1. The zero-order valence-corrected chi connectivity index (χ0v) is 12.1. The smallest absolute Gasteiger partial charge is 0.404 e. The van der Waals surface area contributed by atoms with Crippen molar-refractivity contribution >= 4 is 13.6 Å². The van der Waals surface area contributed by atoms with Crippen LogP contribution in [0, 0.1) is 0 Å². The van der Waals surface area contributed by atoms with Crippen molar-refractivity contribution in [3.63, 3.8) is 0 Å². The van der Waals surface area contributed by atoms with Crippen molar-refractivity contribution in [1.82, 2.24) is 0 Å². The number of benzene rings is 1. The summed E-state index contributed by atoms with van der Waals surface area (Å²) < 4.78 is 29.3. The molecule has 0 amide bonds. The second kappa shape index (κ2) is 7.53. The predicted octanol–water partition coefficient (Wildman–Crippen LogP) is 3.32. The first-order valence-electron chi connectivity index (χ1n) is 6.36. The molecule has 0 spiro atoms. The first kappa shape index (κ1) is 16.8. The normalized spacial score (nSPS) is 13.0. The Balaban J connectivity index is 2.84. The average molecular weight is 304 g/mol. The van der Waals surface area contributed by atoms with Gasteiger partial charge in [-0.15, -0.1) is 0 Å². The lowest BCUT2D eigenvalue weighted by Crippen LogP contribution is -2.09. The van der Waals surface area contributed by atoms with Gasteiger partial charge in [-0.1, -0.05) is 38.0 Å². The molecule has 20 heavy (non-hydrogen) atoms. The summed E-state index contributed by atoms with van der Waals surface area (Å²) in [4.78, 5) is 29.3. The quantitative estimate of drug-likeness (QED) is 0.568. The van der Waals surface area contributed by atoms with Crippen LogP contribution in [0.3, 0.4) is 0 Å². The lowest BCUT2D eigenvalue weighted by Gasteiger charge is -2.14. The van der Waals surface area contributed by atoms with Gasteiger partial charge < -0.3 is 4.52 Å². The van der Waals surface area contributed by atoms with E-state index in [4.69, 9.17) is 9.79 Å². The van der Waals surface area contributed by atoms with E-state index >= 15 is 0 Å². The number of Topliss-reactive ketones (excluding diaryl/α,β-unsaturated/α-hetero) is 1. The molecule has 0 aliphatic rings. The summed E-state index contributed by atoms with van der Waals surface area (Å²) in [7, 11) is -4.79. The van der Waals surface area contributed by atoms with Gasteiger partial charge in [0.1, 0.15) is 5.75 Å². The van der Waals surface area contributed by atoms with Gasteiger partial charge in [0.05, 0.1) is 0 Å². The van der Waals surface area contributed by atoms with Crippen molar-refractivity contribution in [3.05, 3.63) is 29.8 Å². The van der Waals surface area contributed by atoms with Gasteiger partial charge in [-0.3, -0.25) is 14.6 Å². The van der Waals surface area contributed by atoms with Crippen LogP contribution in [0.5, 0.6) is 5.75 Å². The molecule has 0 heterocycles. The van der Waals surface area contributed by atoms with Crippen molar-refractivity contribution in [3.8, 4) is 5.75 Å². The number of phosphoric ester groups is 1. The molecule has 5 nitrogen and oxygen atoms in total. The Morgan fingerprint density at radius 2 is 2.00 bits per heavy atom. The Hall–Kier alpha value is -1.23. The van der Waals surface area contributed by atoms with E-state index < -0.39 is 19.8 Å². The van der Waals surface area contributed by atoms with E-state index in [1.54, 1.807) is 0 Å². The van der Waals surface area contributed by atoms with Crippen LogP contribution in [0.2, 0.25) is 0 Å². The van der Waals surface area contributed by atoms with Gasteiger partial charge >= 0.3 is 7.82 Å². The highest BCUT2D eigenvalue weighted by molar-refractivity contribution is 7.46. The van der Waals surface area contributed by atoms with E-state index in [0.29, 0.717) is 6.42 Å². The standard InChI is InChI=1S/C13H18FO5P/c1-2-3-4-8-11(15)13(14)10-7-5-6-9-12(10)19-20(16,17)18/h5-7,9,13H,2-4,8H2,1H3,(H2,16,17,18). The van der Waals surface area contributed by atoms with Crippen molar-refractivity contribution in [2.75, 3.05) is 0 Å². The largest absolute Gasteiger partial charge is 0.524 e. The van der Waals surface area contributed by atoms with E-state index in [1.165, 1.54) is 24.3 Å². The van der Waals surface area contributed by atoms with Crippen molar-refractivity contribution in [2.24, 2.45) is 0 Å². The minimum atomic E-state index is -4.79. The topological polar surface area (TPSA) is 83.8 Å². The molecule has 112 valence electrons. The number of carbonyl (C=O) groups excluding carboxylic acids is 1. The first-order chi connectivity index (χ1) is 9.35. The molecule has 0 fully saturated rings. The van der Waals surface area contributed by atoms with Crippen molar-refractivity contribution in [1.29, 1.82) is 0 Å². The zero-order valence-electron chi connectivity index (χ0n) is 11.2. The molecule has 0 saturated carbocycles. The van der Waals surface area contributed by atoms with E-state index in [-0.39, 0.29) is 17.7 Å². The fourth-order valence-electron chi connectivity index (χ4n) is 1.75. The van der Waals surface area contributed by atoms with E-state index in [2.05, 4.69) is 4.52 Å². The highest BCUT2D eigenvalue weighted by Crippen LogP contribution is 2.41. The summed E-state index contributed by atoms with van der Waals surface area (Å²) in [6, 6.07) is 5.43. The number of hydrogen-bond donors (Lipinski definition) is 2. The van der Waals surface area contributed by atoms with Crippen molar-refractivity contribution < 1.29 is 28.1 Å². The molecule has 0 bridgehead atoms. The fourth-order valence-corrected chi connectivity index (χ4v) is 2.17. The summed E-state index contributed by atoms with van der Waals surface area (Å²) in [5.41, 5.74) is -0.155. The van der Waals surface area contributed by atoms with E-state index in [0.717, 1.165) is 12.8 Å². The van der Waals surface area contributed by atoms with Crippen LogP contribution in [0.15, 0.2) is 24.3 Å². The van der Waals surface area contributed by atoms with Gasteiger partial charge in [0.2, 0.25) is 0 Å². The number of phosphoric acid groups is 1. The molecular weight excluding hydrogens is 286 g/mol. The number of alkyl halides is 1. The Morgan fingerprint density at radius 3 is 2.60 bits per heavy atom. The molecule has 2 N–H and O–H groups in total. The van der Waals surface area contributed by atoms with Crippen LogP contribution in [-0.4, -0.2) is 15.6 Å². The maximum atomic E-state index is 14.1. The average Bonchev–Trinajstić information content (AvgIpc) is 2.37. The molecular formula is C13H18FO5P. The number of ketones is 1. The lowest BCUT2D eigenvalue weighted by atomic mass is 10.0. The predicted molar refractivity (Wildman–Crippen MR) is 72.1 cm³/mol. The summed E-state index contributed by atoms with van der Waals surface area (Å²) in [5.74, 6) is -0.919. The van der Waals surface area contributed by atoms with Crippen LogP contribution in [0.1, 0.15) is 44.3 Å². The third-order valence-electron chi connectivity index (χ3n) is 2.72. The van der Waals surface area contributed by atoms with Crippen LogP contribution in [0.25, 0.3) is 0 Å². The third kappa shape index (κ3) is 5.41. The molecule has 7 heteroatoms. The highest BCUT2D eigenvalue weighted by Gasteiger charge is 2.26. The number of rotatable bonds is 8. The van der Waals surface area contributed by atoms with Crippen molar-refractivity contribution in [2.45, 2.75) is 38.8 Å². The van der Waals surface area contributed by atoms with Gasteiger partial charge in [0.25, 0.3) is 0 Å². The summed E-state index contributed by atoms with van der Waals surface area (Å²) in [6.07, 6.45) is 0.507. The third-order valence-corrected chi connectivity index (χ3v) is 3.15. The van der Waals surface area contributed by atoms with Crippen LogP contribution in [-0.2, 0) is 9.36 Å². The molecule has 0 aliphatic heterocycles. The number of unbranched alkanes of at least 4 members (excludes halogenated alkanes) is 2. The van der Waals surface area contributed by atoms with E-state index in [1.807, 2.05) is 6.92 Å². The molecule has 1 atom stereocenters. The fraction of sp³-hybridized carbons (Fsp3) is 0.462.